The van der Waals surface area contributed by atoms with E-state index in [-0.39, 0.29) is 0 Å². The third-order valence-corrected chi connectivity index (χ3v) is 4.44. The molecule has 0 bridgehead atoms. The molecule has 0 atom stereocenters. The van der Waals surface area contributed by atoms with Crippen LogP contribution in [0.1, 0.15) is 6.92 Å². The molecule has 0 saturated carbocycles. The van der Waals surface area contributed by atoms with Gasteiger partial charge in [-0.15, -0.1) is 0 Å². The molecular weight excluding hydrogens is 300 g/mol. The summed E-state index contributed by atoms with van der Waals surface area (Å²) in [5.74, 6) is 0. The van der Waals surface area contributed by atoms with Crippen LogP contribution in [0.25, 0.3) is 11.3 Å². The summed E-state index contributed by atoms with van der Waals surface area (Å²) in [4.78, 5) is 0. The molecule has 4 heteroatoms. The van der Waals surface area contributed by atoms with Crippen LogP contribution in [0, 0.1) is 0 Å². The van der Waals surface area contributed by atoms with E-state index in [1.807, 2.05) is 30.3 Å². The fraction of sp³-hybridized carbons (Fsp3) is 0.118. The Hall–Kier alpha value is -1.84. The highest BCUT2D eigenvalue weighted by Crippen LogP contribution is 2.26. The second-order valence-electron chi connectivity index (χ2n) is 4.67. The number of benzene rings is 2. The summed E-state index contributed by atoms with van der Waals surface area (Å²) in [6.07, 6.45) is 0. The molecule has 2 nitrogen and oxygen atoms in total. The fourth-order valence-electron chi connectivity index (χ4n) is 2.25. The summed E-state index contributed by atoms with van der Waals surface area (Å²) in [7, 11) is 0. The maximum atomic E-state index is 5.93. The van der Waals surface area contributed by atoms with E-state index in [9.17, 15) is 0 Å². The van der Waals surface area contributed by atoms with Gasteiger partial charge in [0, 0.05) is 16.0 Å². The minimum absolute atomic E-state index is 0.750. The normalized spacial score (nSPS) is 10.6. The van der Waals surface area contributed by atoms with Crippen LogP contribution in [0.5, 0.6) is 0 Å². The minimum atomic E-state index is 0.750. The lowest BCUT2D eigenvalue weighted by atomic mass is 10.2. The predicted molar refractivity (Wildman–Crippen MR) is 90.4 cm³/mol. The lowest BCUT2D eigenvalue weighted by Gasteiger charge is -2.03. The quantitative estimate of drug-likeness (QED) is 0.661. The van der Waals surface area contributed by atoms with Crippen molar-refractivity contribution in [3.05, 3.63) is 65.0 Å². The van der Waals surface area contributed by atoms with Crippen LogP contribution in [0.4, 0.5) is 10.8 Å². The fourth-order valence-corrected chi connectivity index (χ4v) is 3.39. The first-order chi connectivity index (χ1) is 10.3. The highest BCUT2D eigenvalue weighted by atomic mass is 35.5. The van der Waals surface area contributed by atoms with Crippen molar-refractivity contribution < 1.29 is 4.57 Å². The molecule has 0 saturated heterocycles. The van der Waals surface area contributed by atoms with Crippen molar-refractivity contribution in [2.75, 3.05) is 5.32 Å². The van der Waals surface area contributed by atoms with Crippen LogP contribution in [0.2, 0.25) is 5.02 Å². The summed E-state index contributed by atoms with van der Waals surface area (Å²) in [5.41, 5.74) is 3.52. The van der Waals surface area contributed by atoms with E-state index in [2.05, 4.69) is 46.5 Å². The summed E-state index contributed by atoms with van der Waals surface area (Å²) in [6, 6.07) is 18.2. The Kier molecular flexibility index (Phi) is 4.23. The molecule has 1 heterocycles. The first-order valence-electron chi connectivity index (χ1n) is 6.87. The molecule has 0 radical (unpaired) electrons. The Bertz CT molecular complexity index is 720. The summed E-state index contributed by atoms with van der Waals surface area (Å²) in [6.45, 7) is 3.08. The second kappa shape index (κ2) is 6.29. The maximum Gasteiger partial charge on any atom is 0.339 e. The van der Waals surface area contributed by atoms with Gasteiger partial charge in [-0.05, 0) is 31.2 Å². The van der Waals surface area contributed by atoms with Crippen molar-refractivity contribution >= 4 is 33.8 Å². The SMILES string of the molecule is CC[n+]1c(-c2ccccc2)csc1Nc1ccc(Cl)cc1. The molecule has 0 aliphatic rings. The van der Waals surface area contributed by atoms with E-state index in [0.29, 0.717) is 0 Å². The van der Waals surface area contributed by atoms with Gasteiger partial charge >= 0.3 is 5.13 Å². The van der Waals surface area contributed by atoms with Gasteiger partial charge in [-0.3, -0.25) is 0 Å². The number of anilines is 2. The lowest BCUT2D eigenvalue weighted by molar-refractivity contribution is -0.664. The molecule has 2 aromatic carbocycles. The monoisotopic (exact) mass is 315 g/mol. The number of hydrogen-bond acceptors (Lipinski definition) is 2. The molecule has 1 N–H and O–H groups in total. The van der Waals surface area contributed by atoms with E-state index in [4.69, 9.17) is 11.6 Å². The van der Waals surface area contributed by atoms with Crippen molar-refractivity contribution in [3.63, 3.8) is 0 Å². The molecule has 0 unspecified atom stereocenters. The molecule has 0 amide bonds. The molecule has 106 valence electrons. The van der Waals surface area contributed by atoms with Gasteiger partial charge in [0.25, 0.3) is 0 Å². The van der Waals surface area contributed by atoms with E-state index < -0.39 is 0 Å². The molecular formula is C17H16ClN2S+. The minimum Gasteiger partial charge on any atom is -0.231 e. The molecule has 0 spiro atoms. The predicted octanol–water partition coefficient (Wildman–Crippen LogP) is 5.12. The van der Waals surface area contributed by atoms with Crippen LogP contribution in [0.15, 0.2) is 60.0 Å². The van der Waals surface area contributed by atoms with E-state index in [0.717, 1.165) is 22.4 Å². The van der Waals surface area contributed by atoms with Gasteiger partial charge in [0.2, 0.25) is 0 Å². The maximum absolute atomic E-state index is 5.93. The van der Waals surface area contributed by atoms with Crippen molar-refractivity contribution in [2.45, 2.75) is 13.5 Å². The Morgan fingerprint density at radius 1 is 1.05 bits per heavy atom. The van der Waals surface area contributed by atoms with Crippen molar-refractivity contribution in [1.29, 1.82) is 0 Å². The van der Waals surface area contributed by atoms with Crippen molar-refractivity contribution in [3.8, 4) is 11.3 Å². The number of halogens is 1. The summed E-state index contributed by atoms with van der Waals surface area (Å²) >= 11 is 7.64. The zero-order chi connectivity index (χ0) is 14.7. The molecule has 21 heavy (non-hydrogen) atoms. The summed E-state index contributed by atoms with van der Waals surface area (Å²) in [5, 5.41) is 7.53. The number of nitrogens with one attached hydrogen (secondary N) is 1. The van der Waals surface area contributed by atoms with Crippen molar-refractivity contribution in [2.24, 2.45) is 0 Å². The Morgan fingerprint density at radius 3 is 2.43 bits per heavy atom. The van der Waals surface area contributed by atoms with Gasteiger partial charge in [-0.25, -0.2) is 9.88 Å². The standard InChI is InChI=1S/C17H15ClN2S/c1-2-20-16(13-6-4-3-5-7-13)12-21-17(20)19-15-10-8-14(18)9-11-15/h3-12H,2H2,1H3/p+1. The average Bonchev–Trinajstić information content (AvgIpc) is 2.93. The van der Waals surface area contributed by atoms with E-state index in [1.165, 1.54) is 11.3 Å². The highest BCUT2D eigenvalue weighted by Gasteiger charge is 2.17. The summed E-state index contributed by atoms with van der Waals surface area (Å²) < 4.78 is 2.29. The van der Waals surface area contributed by atoms with Crippen LogP contribution >= 0.6 is 22.9 Å². The van der Waals surface area contributed by atoms with Gasteiger partial charge in [0.1, 0.15) is 11.4 Å². The second-order valence-corrected chi connectivity index (χ2v) is 5.96. The largest absolute Gasteiger partial charge is 0.339 e. The van der Waals surface area contributed by atoms with Gasteiger partial charge in [0.15, 0.2) is 0 Å². The third-order valence-electron chi connectivity index (χ3n) is 3.30. The molecule has 3 rings (SSSR count). The topological polar surface area (TPSA) is 15.9 Å². The molecule has 1 aromatic heterocycles. The number of thiazole rings is 1. The van der Waals surface area contributed by atoms with Gasteiger partial charge in [-0.1, -0.05) is 53.3 Å². The van der Waals surface area contributed by atoms with Crippen LogP contribution < -0.4 is 9.88 Å². The highest BCUT2D eigenvalue weighted by molar-refractivity contribution is 7.13. The lowest BCUT2D eigenvalue weighted by Crippen LogP contribution is -2.34. The van der Waals surface area contributed by atoms with Gasteiger partial charge < -0.3 is 0 Å². The molecule has 0 fully saturated rings. The third kappa shape index (κ3) is 3.09. The van der Waals surface area contributed by atoms with Crippen LogP contribution in [0.3, 0.4) is 0 Å². The Labute approximate surface area is 133 Å². The smallest absolute Gasteiger partial charge is 0.231 e. The number of rotatable bonds is 4. The average molecular weight is 316 g/mol. The van der Waals surface area contributed by atoms with Crippen LogP contribution in [-0.2, 0) is 6.54 Å². The van der Waals surface area contributed by atoms with Crippen molar-refractivity contribution in [1.82, 2.24) is 0 Å². The molecule has 0 aliphatic carbocycles. The zero-order valence-corrected chi connectivity index (χ0v) is 13.3. The Morgan fingerprint density at radius 2 is 1.76 bits per heavy atom. The van der Waals surface area contributed by atoms with Gasteiger partial charge in [-0.2, -0.15) is 0 Å². The van der Waals surface area contributed by atoms with E-state index >= 15 is 0 Å². The first-order valence-corrected chi connectivity index (χ1v) is 8.13. The van der Waals surface area contributed by atoms with Crippen LogP contribution in [-0.4, -0.2) is 0 Å². The van der Waals surface area contributed by atoms with E-state index in [1.54, 1.807) is 11.3 Å². The van der Waals surface area contributed by atoms with Gasteiger partial charge in [0.05, 0.1) is 6.54 Å². The number of nitrogens with zero attached hydrogens (tertiary/aromatic N) is 1. The zero-order valence-electron chi connectivity index (χ0n) is 11.7. The first kappa shape index (κ1) is 14.1. The Balaban J connectivity index is 1.93. The number of aromatic nitrogens is 1. The molecule has 3 aromatic rings. The number of hydrogen-bond donors (Lipinski definition) is 1. The molecule has 0 aliphatic heterocycles.